The molecule has 0 aliphatic heterocycles. The number of aromatic nitrogens is 1. The predicted octanol–water partition coefficient (Wildman–Crippen LogP) is 2.49. The van der Waals surface area contributed by atoms with Crippen molar-refractivity contribution in [1.29, 1.82) is 0 Å². The topological polar surface area (TPSA) is 56.3 Å². The fourth-order valence-corrected chi connectivity index (χ4v) is 2.88. The van der Waals surface area contributed by atoms with Crippen LogP contribution in [0.2, 0.25) is 0 Å². The Morgan fingerprint density at radius 1 is 1.21 bits per heavy atom. The number of rotatable bonds is 4. The summed E-state index contributed by atoms with van der Waals surface area (Å²) < 4.78 is 29.8. The van der Waals surface area contributed by atoms with Gasteiger partial charge in [0.25, 0.3) is 0 Å². The molecule has 0 saturated carbocycles. The molecule has 19 heavy (non-hydrogen) atoms. The van der Waals surface area contributed by atoms with E-state index in [-0.39, 0.29) is 9.92 Å². The third-order valence-electron chi connectivity index (χ3n) is 2.83. The van der Waals surface area contributed by atoms with Gasteiger partial charge in [-0.05, 0) is 36.2 Å². The second-order valence-corrected chi connectivity index (χ2v) is 5.94. The quantitative estimate of drug-likeness (QED) is 0.861. The van der Waals surface area contributed by atoms with Gasteiger partial charge in [-0.3, -0.25) is 0 Å². The van der Waals surface area contributed by atoms with E-state index >= 15 is 0 Å². The number of benzene rings is 1. The van der Waals surface area contributed by atoms with Gasteiger partial charge in [-0.1, -0.05) is 19.1 Å². The second-order valence-electron chi connectivity index (χ2n) is 4.04. The molecule has 0 unspecified atom stereocenters. The summed E-state index contributed by atoms with van der Waals surface area (Å²) in [4.78, 5) is 4.21. The second kappa shape index (κ2) is 5.40. The molecule has 0 atom stereocenters. The molecule has 0 aliphatic rings. The lowest BCUT2D eigenvalue weighted by Gasteiger charge is -2.06. The van der Waals surface area contributed by atoms with Crippen molar-refractivity contribution in [2.75, 3.05) is 7.11 Å². The molecular weight excluding hydrogens is 262 g/mol. The largest absolute Gasteiger partial charge is 0.497 e. The molecule has 0 aliphatic carbocycles. The summed E-state index contributed by atoms with van der Waals surface area (Å²) >= 11 is 0. The highest BCUT2D eigenvalue weighted by Crippen LogP contribution is 2.22. The van der Waals surface area contributed by atoms with Crippen LogP contribution >= 0.6 is 0 Å². The van der Waals surface area contributed by atoms with E-state index in [4.69, 9.17) is 4.74 Å². The van der Waals surface area contributed by atoms with Gasteiger partial charge in [-0.25, -0.2) is 13.4 Å². The fourth-order valence-electron chi connectivity index (χ4n) is 1.67. The zero-order valence-corrected chi connectivity index (χ0v) is 11.6. The van der Waals surface area contributed by atoms with E-state index in [2.05, 4.69) is 4.98 Å². The standard InChI is InChI=1S/C14H15NO3S/c1-3-11-7-8-14(15-10-11)19(16,17)13-6-4-5-12(9-13)18-2/h4-10H,3H2,1-2H3. The van der Waals surface area contributed by atoms with Crippen molar-refractivity contribution in [3.8, 4) is 5.75 Å². The van der Waals surface area contributed by atoms with Crippen LogP contribution in [0.15, 0.2) is 52.5 Å². The number of pyridine rings is 1. The molecule has 4 nitrogen and oxygen atoms in total. The zero-order valence-electron chi connectivity index (χ0n) is 10.8. The Morgan fingerprint density at radius 2 is 2.00 bits per heavy atom. The molecule has 0 radical (unpaired) electrons. The van der Waals surface area contributed by atoms with Crippen LogP contribution in [0.5, 0.6) is 5.75 Å². The van der Waals surface area contributed by atoms with Crippen molar-refractivity contribution in [1.82, 2.24) is 4.98 Å². The first-order valence-corrected chi connectivity index (χ1v) is 7.40. The van der Waals surface area contributed by atoms with Gasteiger partial charge in [-0.15, -0.1) is 0 Å². The SMILES string of the molecule is CCc1ccc(S(=O)(=O)c2cccc(OC)c2)nc1. The average molecular weight is 277 g/mol. The van der Waals surface area contributed by atoms with E-state index < -0.39 is 9.84 Å². The number of hydrogen-bond donors (Lipinski definition) is 0. The molecule has 2 aromatic rings. The minimum absolute atomic E-state index is 0.0537. The van der Waals surface area contributed by atoms with Gasteiger partial charge in [0.05, 0.1) is 12.0 Å². The average Bonchev–Trinajstić information content (AvgIpc) is 2.47. The summed E-state index contributed by atoms with van der Waals surface area (Å²) in [5, 5.41) is 0.0537. The zero-order chi connectivity index (χ0) is 13.9. The first-order chi connectivity index (χ1) is 9.07. The number of aryl methyl sites for hydroxylation is 1. The maximum absolute atomic E-state index is 12.4. The van der Waals surface area contributed by atoms with E-state index in [9.17, 15) is 8.42 Å². The molecule has 100 valence electrons. The monoisotopic (exact) mass is 277 g/mol. The maximum Gasteiger partial charge on any atom is 0.223 e. The maximum atomic E-state index is 12.4. The Balaban J connectivity index is 2.45. The summed E-state index contributed by atoms with van der Waals surface area (Å²) in [5.74, 6) is 0.506. The predicted molar refractivity (Wildman–Crippen MR) is 72.1 cm³/mol. The van der Waals surface area contributed by atoms with Crippen molar-refractivity contribution in [2.45, 2.75) is 23.3 Å². The Morgan fingerprint density at radius 3 is 2.58 bits per heavy atom. The molecule has 0 bridgehead atoms. The van der Waals surface area contributed by atoms with Crippen LogP contribution in [0.4, 0.5) is 0 Å². The molecular formula is C14H15NO3S. The van der Waals surface area contributed by atoms with Gasteiger partial charge in [0.2, 0.25) is 9.84 Å². The molecule has 1 heterocycles. The summed E-state index contributed by atoms with van der Waals surface area (Å²) in [5.41, 5.74) is 1.00. The molecule has 0 spiro atoms. The molecule has 0 fully saturated rings. The first kappa shape index (κ1) is 13.5. The number of methoxy groups -OCH3 is 1. The minimum Gasteiger partial charge on any atom is -0.497 e. The third kappa shape index (κ3) is 2.76. The van der Waals surface area contributed by atoms with Gasteiger partial charge in [0.15, 0.2) is 5.03 Å². The van der Waals surface area contributed by atoms with Crippen LogP contribution in [0, 0.1) is 0 Å². The number of hydrogen-bond acceptors (Lipinski definition) is 4. The first-order valence-electron chi connectivity index (χ1n) is 5.92. The lowest BCUT2D eigenvalue weighted by atomic mass is 10.2. The highest BCUT2D eigenvalue weighted by Gasteiger charge is 2.19. The molecule has 0 amide bonds. The molecule has 1 aromatic carbocycles. The van der Waals surface area contributed by atoms with Crippen molar-refractivity contribution in [2.24, 2.45) is 0 Å². The van der Waals surface area contributed by atoms with E-state index in [0.717, 1.165) is 12.0 Å². The fraction of sp³-hybridized carbons (Fsp3) is 0.214. The van der Waals surface area contributed by atoms with Gasteiger partial charge in [0, 0.05) is 6.20 Å². The van der Waals surface area contributed by atoms with Crippen LogP contribution in [0.3, 0.4) is 0 Å². The number of ether oxygens (including phenoxy) is 1. The van der Waals surface area contributed by atoms with E-state index in [0.29, 0.717) is 5.75 Å². The molecule has 0 N–H and O–H groups in total. The van der Waals surface area contributed by atoms with Crippen LogP contribution in [0.25, 0.3) is 0 Å². The van der Waals surface area contributed by atoms with E-state index in [1.54, 1.807) is 24.4 Å². The summed E-state index contributed by atoms with van der Waals surface area (Å²) in [6.07, 6.45) is 2.42. The van der Waals surface area contributed by atoms with Crippen molar-refractivity contribution >= 4 is 9.84 Å². The molecule has 0 saturated heterocycles. The van der Waals surface area contributed by atoms with Gasteiger partial charge in [0.1, 0.15) is 5.75 Å². The Bertz CT molecular complexity index is 663. The van der Waals surface area contributed by atoms with Crippen LogP contribution < -0.4 is 4.74 Å². The van der Waals surface area contributed by atoms with Crippen molar-refractivity contribution < 1.29 is 13.2 Å². The lowest BCUT2D eigenvalue weighted by molar-refractivity contribution is 0.413. The summed E-state index contributed by atoms with van der Waals surface area (Å²) in [7, 11) is -2.09. The van der Waals surface area contributed by atoms with Gasteiger partial charge >= 0.3 is 0 Å². The van der Waals surface area contributed by atoms with Crippen molar-refractivity contribution in [3.05, 3.63) is 48.2 Å². The van der Waals surface area contributed by atoms with Crippen LogP contribution in [-0.4, -0.2) is 20.5 Å². The normalized spacial score (nSPS) is 11.3. The Kier molecular flexibility index (Phi) is 3.85. The summed E-state index contributed by atoms with van der Waals surface area (Å²) in [6, 6.07) is 9.68. The van der Waals surface area contributed by atoms with E-state index in [1.165, 1.54) is 25.3 Å². The van der Waals surface area contributed by atoms with Crippen LogP contribution in [0.1, 0.15) is 12.5 Å². The highest BCUT2D eigenvalue weighted by molar-refractivity contribution is 7.91. The van der Waals surface area contributed by atoms with Gasteiger partial charge < -0.3 is 4.74 Å². The number of nitrogens with zero attached hydrogens (tertiary/aromatic N) is 1. The molecule has 2 rings (SSSR count). The van der Waals surface area contributed by atoms with Crippen LogP contribution in [-0.2, 0) is 16.3 Å². The third-order valence-corrected chi connectivity index (χ3v) is 4.50. The summed E-state index contributed by atoms with van der Waals surface area (Å²) in [6.45, 7) is 1.99. The Labute approximate surface area is 113 Å². The van der Waals surface area contributed by atoms with E-state index in [1.807, 2.05) is 6.92 Å². The number of sulfone groups is 1. The van der Waals surface area contributed by atoms with Gasteiger partial charge in [-0.2, -0.15) is 0 Å². The molecule has 5 heteroatoms. The minimum atomic E-state index is -3.59. The molecule has 1 aromatic heterocycles. The Hall–Kier alpha value is -1.88. The smallest absolute Gasteiger partial charge is 0.223 e. The van der Waals surface area contributed by atoms with Crippen molar-refractivity contribution in [3.63, 3.8) is 0 Å². The highest BCUT2D eigenvalue weighted by atomic mass is 32.2. The lowest BCUT2D eigenvalue weighted by Crippen LogP contribution is -2.04.